The van der Waals surface area contributed by atoms with Gasteiger partial charge < -0.3 is 14.9 Å². The third kappa shape index (κ3) is 7.60. The highest BCUT2D eigenvalue weighted by molar-refractivity contribution is 5.87. The van der Waals surface area contributed by atoms with Crippen LogP contribution in [0.15, 0.2) is 36.4 Å². The summed E-state index contributed by atoms with van der Waals surface area (Å²) in [6, 6.07) is 9.15. The van der Waals surface area contributed by atoms with E-state index in [1.54, 1.807) is 0 Å². The van der Waals surface area contributed by atoms with Gasteiger partial charge in [-0.2, -0.15) is 0 Å². The lowest BCUT2D eigenvalue weighted by molar-refractivity contribution is -0.142. The van der Waals surface area contributed by atoms with Gasteiger partial charge in [-0.15, -0.1) is 0 Å². The zero-order valence-corrected chi connectivity index (χ0v) is 18.1. The standard InChI is InChI=1S/C25H38O4/c1-18(2)5-4-6-20-7-9-21(10-8-20)22-11-13-23(14-12-22)24(16-27)17-29-25(28)19(3)15-26/h7-10,18,22-24,26-27H,3-6,11-17H2,1-2H3. The lowest BCUT2D eigenvalue weighted by Gasteiger charge is -2.33. The lowest BCUT2D eigenvalue weighted by Crippen LogP contribution is -2.29. The Morgan fingerprint density at radius 2 is 1.79 bits per heavy atom. The third-order valence-corrected chi connectivity index (χ3v) is 6.28. The largest absolute Gasteiger partial charge is 0.462 e. The molecule has 0 aromatic heterocycles. The van der Waals surface area contributed by atoms with Crippen molar-refractivity contribution in [1.29, 1.82) is 0 Å². The summed E-state index contributed by atoms with van der Waals surface area (Å²) >= 11 is 0. The Kier molecular flexibility index (Phi) is 9.89. The molecule has 1 saturated carbocycles. The molecule has 1 unspecified atom stereocenters. The van der Waals surface area contributed by atoms with Crippen molar-refractivity contribution >= 4 is 5.97 Å². The molecular weight excluding hydrogens is 364 g/mol. The van der Waals surface area contributed by atoms with E-state index in [2.05, 4.69) is 44.7 Å². The number of ether oxygens (including phenoxy) is 1. The smallest absolute Gasteiger partial charge is 0.335 e. The summed E-state index contributed by atoms with van der Waals surface area (Å²) < 4.78 is 5.21. The van der Waals surface area contributed by atoms with Crippen molar-refractivity contribution in [2.45, 2.75) is 64.7 Å². The molecule has 2 rings (SSSR count). The summed E-state index contributed by atoms with van der Waals surface area (Å²) in [6.45, 7) is 7.83. The van der Waals surface area contributed by atoms with Crippen LogP contribution in [0.1, 0.15) is 69.4 Å². The lowest BCUT2D eigenvalue weighted by atomic mass is 9.74. The summed E-state index contributed by atoms with van der Waals surface area (Å²) in [4.78, 5) is 11.7. The van der Waals surface area contributed by atoms with Crippen LogP contribution in [0.5, 0.6) is 0 Å². The number of esters is 1. The van der Waals surface area contributed by atoms with Crippen molar-refractivity contribution in [1.82, 2.24) is 0 Å². The first kappa shape index (κ1) is 23.6. The molecule has 0 amide bonds. The van der Waals surface area contributed by atoms with E-state index in [1.165, 1.54) is 24.0 Å². The molecule has 1 aliphatic rings. The number of hydrogen-bond donors (Lipinski definition) is 2. The van der Waals surface area contributed by atoms with Gasteiger partial charge in [-0.1, -0.05) is 51.1 Å². The summed E-state index contributed by atoms with van der Waals surface area (Å²) in [5.41, 5.74) is 2.90. The highest BCUT2D eigenvalue weighted by Crippen LogP contribution is 2.39. The van der Waals surface area contributed by atoms with Gasteiger partial charge in [-0.25, -0.2) is 4.79 Å². The van der Waals surface area contributed by atoms with Crippen LogP contribution in [-0.4, -0.2) is 36.0 Å². The summed E-state index contributed by atoms with van der Waals surface area (Å²) in [7, 11) is 0. The van der Waals surface area contributed by atoms with E-state index in [0.29, 0.717) is 11.8 Å². The van der Waals surface area contributed by atoms with Crippen molar-refractivity contribution in [3.8, 4) is 0 Å². The SMILES string of the molecule is C=C(CO)C(=O)OCC(CO)C1CCC(c2ccc(CCCC(C)C)cc2)CC1. The van der Waals surface area contributed by atoms with Crippen molar-refractivity contribution in [2.75, 3.05) is 19.8 Å². The predicted molar refractivity (Wildman–Crippen MR) is 117 cm³/mol. The normalized spacial score (nSPS) is 20.4. The van der Waals surface area contributed by atoms with Crippen LogP contribution >= 0.6 is 0 Å². The van der Waals surface area contributed by atoms with Crippen molar-refractivity contribution in [3.63, 3.8) is 0 Å². The zero-order chi connectivity index (χ0) is 21.2. The minimum atomic E-state index is -0.576. The molecule has 0 aliphatic heterocycles. The number of aryl methyl sites for hydroxylation is 1. The molecule has 0 saturated heterocycles. The van der Waals surface area contributed by atoms with Crippen LogP contribution in [0.25, 0.3) is 0 Å². The molecule has 2 N–H and O–H groups in total. The number of aliphatic hydroxyl groups is 2. The minimum absolute atomic E-state index is 0.0132. The number of carbonyl (C=O) groups is 1. The Hall–Kier alpha value is -1.65. The molecule has 1 aromatic rings. The number of rotatable bonds is 11. The second-order valence-corrected chi connectivity index (χ2v) is 8.94. The fraction of sp³-hybridized carbons (Fsp3) is 0.640. The van der Waals surface area contributed by atoms with E-state index >= 15 is 0 Å². The summed E-state index contributed by atoms with van der Waals surface area (Å²) in [5, 5.41) is 18.7. The molecule has 0 bridgehead atoms. The van der Waals surface area contributed by atoms with E-state index in [4.69, 9.17) is 9.84 Å². The van der Waals surface area contributed by atoms with Crippen LogP contribution < -0.4 is 0 Å². The minimum Gasteiger partial charge on any atom is -0.462 e. The highest BCUT2D eigenvalue weighted by atomic mass is 16.5. The molecule has 0 radical (unpaired) electrons. The zero-order valence-electron chi connectivity index (χ0n) is 18.1. The van der Waals surface area contributed by atoms with E-state index < -0.39 is 12.6 Å². The Labute approximate surface area is 176 Å². The van der Waals surface area contributed by atoms with Crippen LogP contribution in [0.4, 0.5) is 0 Å². The average molecular weight is 403 g/mol. The quantitative estimate of drug-likeness (QED) is 0.418. The molecule has 4 nitrogen and oxygen atoms in total. The van der Waals surface area contributed by atoms with Gasteiger partial charge in [0.15, 0.2) is 0 Å². The van der Waals surface area contributed by atoms with Crippen LogP contribution in [0.2, 0.25) is 0 Å². The van der Waals surface area contributed by atoms with Crippen LogP contribution in [-0.2, 0) is 16.0 Å². The van der Waals surface area contributed by atoms with Gasteiger partial charge >= 0.3 is 5.97 Å². The van der Waals surface area contributed by atoms with Gasteiger partial charge in [-0.05, 0) is 67.4 Å². The van der Waals surface area contributed by atoms with Gasteiger partial charge in [0.2, 0.25) is 0 Å². The first-order valence-corrected chi connectivity index (χ1v) is 11.1. The second kappa shape index (κ2) is 12.1. The van der Waals surface area contributed by atoms with E-state index in [9.17, 15) is 9.90 Å². The van der Waals surface area contributed by atoms with Gasteiger partial charge in [0.1, 0.15) is 0 Å². The van der Waals surface area contributed by atoms with E-state index in [1.807, 2.05) is 0 Å². The number of aliphatic hydroxyl groups excluding tert-OH is 2. The van der Waals surface area contributed by atoms with Crippen LogP contribution in [0, 0.1) is 17.8 Å². The summed E-state index contributed by atoms with van der Waals surface area (Å²) in [6.07, 6.45) is 7.96. The first-order chi connectivity index (χ1) is 13.9. The molecular formula is C25H38O4. The fourth-order valence-corrected chi connectivity index (χ4v) is 4.28. The van der Waals surface area contributed by atoms with Crippen molar-refractivity contribution in [2.24, 2.45) is 17.8 Å². The number of hydrogen-bond acceptors (Lipinski definition) is 4. The maximum Gasteiger partial charge on any atom is 0.335 e. The topological polar surface area (TPSA) is 66.8 Å². The third-order valence-electron chi connectivity index (χ3n) is 6.28. The molecule has 1 aromatic carbocycles. The van der Waals surface area contributed by atoms with E-state index in [0.717, 1.165) is 38.0 Å². The van der Waals surface area contributed by atoms with Gasteiger partial charge in [-0.3, -0.25) is 0 Å². The molecule has 0 spiro atoms. The van der Waals surface area contributed by atoms with Crippen LogP contribution in [0.3, 0.4) is 0 Å². The fourth-order valence-electron chi connectivity index (χ4n) is 4.28. The number of benzene rings is 1. The average Bonchev–Trinajstić information content (AvgIpc) is 2.74. The molecule has 4 heteroatoms. The first-order valence-electron chi connectivity index (χ1n) is 11.1. The monoisotopic (exact) mass is 402 g/mol. The second-order valence-electron chi connectivity index (χ2n) is 8.94. The van der Waals surface area contributed by atoms with Crippen molar-refractivity contribution < 1.29 is 19.7 Å². The Balaban J connectivity index is 1.79. The van der Waals surface area contributed by atoms with E-state index in [-0.39, 0.29) is 24.7 Å². The molecule has 162 valence electrons. The van der Waals surface area contributed by atoms with Crippen molar-refractivity contribution in [3.05, 3.63) is 47.5 Å². The summed E-state index contributed by atoms with van der Waals surface area (Å²) in [5.74, 6) is 1.08. The van der Waals surface area contributed by atoms with Gasteiger partial charge in [0, 0.05) is 12.5 Å². The maximum absolute atomic E-state index is 11.7. The highest BCUT2D eigenvalue weighted by Gasteiger charge is 2.29. The molecule has 1 atom stereocenters. The molecule has 0 heterocycles. The predicted octanol–water partition coefficient (Wildman–Crippen LogP) is 4.64. The van der Waals surface area contributed by atoms with Gasteiger partial charge in [0.25, 0.3) is 0 Å². The Morgan fingerprint density at radius 3 is 2.34 bits per heavy atom. The molecule has 1 fully saturated rings. The Bertz CT molecular complexity index is 627. The molecule has 29 heavy (non-hydrogen) atoms. The number of carbonyl (C=O) groups excluding carboxylic acids is 1. The molecule has 1 aliphatic carbocycles. The van der Waals surface area contributed by atoms with Gasteiger partial charge in [0.05, 0.1) is 18.8 Å². The Morgan fingerprint density at radius 1 is 1.14 bits per heavy atom. The maximum atomic E-state index is 11.7.